The molecule has 0 aliphatic heterocycles. The van der Waals surface area contributed by atoms with E-state index in [9.17, 15) is 5.11 Å². The van der Waals surface area contributed by atoms with E-state index in [1.807, 2.05) is 38.1 Å². The molecule has 2 heterocycles. The van der Waals surface area contributed by atoms with Gasteiger partial charge in [-0.3, -0.25) is 0 Å². The van der Waals surface area contributed by atoms with Crippen molar-refractivity contribution in [3.8, 4) is 0 Å². The number of nitrogens with zero attached hydrogens (tertiary/aromatic N) is 3. The molecule has 118 valence electrons. The average molecular weight is 325 g/mol. The van der Waals surface area contributed by atoms with Gasteiger partial charge in [0.25, 0.3) is 0 Å². The van der Waals surface area contributed by atoms with E-state index in [-0.39, 0.29) is 5.92 Å². The number of aromatic nitrogens is 3. The molecule has 0 bridgehead atoms. The fraction of sp³-hybridized carbons (Fsp3) is 0.278. The number of fused-ring (bicyclic) bond motifs is 1. The quantitative estimate of drug-likeness (QED) is 0.742. The summed E-state index contributed by atoms with van der Waals surface area (Å²) in [5.41, 5.74) is 0.800. The molecule has 0 radical (unpaired) electrons. The highest BCUT2D eigenvalue weighted by atomic mass is 32.2. The first kappa shape index (κ1) is 15.9. The Kier molecular flexibility index (Phi) is 4.33. The van der Waals surface area contributed by atoms with Crippen molar-refractivity contribution >= 4 is 22.7 Å². The molecule has 1 unspecified atom stereocenters. The van der Waals surface area contributed by atoms with Gasteiger partial charge in [-0.25, -0.2) is 15.0 Å². The van der Waals surface area contributed by atoms with E-state index in [1.54, 1.807) is 24.0 Å². The van der Waals surface area contributed by atoms with Crippen molar-refractivity contribution in [2.24, 2.45) is 5.92 Å². The molecule has 0 saturated heterocycles. The van der Waals surface area contributed by atoms with E-state index in [4.69, 9.17) is 4.98 Å². The third-order valence-corrected chi connectivity index (χ3v) is 4.82. The Balaban J connectivity index is 2.16. The van der Waals surface area contributed by atoms with Crippen LogP contribution in [-0.4, -0.2) is 26.3 Å². The molecule has 5 heteroatoms. The second-order valence-corrected chi connectivity index (χ2v) is 6.65. The van der Waals surface area contributed by atoms with Crippen molar-refractivity contribution in [3.05, 3.63) is 60.3 Å². The van der Waals surface area contributed by atoms with Gasteiger partial charge in [-0.15, -0.1) is 11.8 Å². The van der Waals surface area contributed by atoms with E-state index in [0.717, 1.165) is 10.9 Å². The fourth-order valence-electron chi connectivity index (χ4n) is 2.68. The first-order valence-corrected chi connectivity index (χ1v) is 8.72. The predicted octanol–water partition coefficient (Wildman–Crippen LogP) is 3.64. The molecular weight excluding hydrogens is 306 g/mol. The van der Waals surface area contributed by atoms with E-state index >= 15 is 0 Å². The standard InChI is InChI=1S/C18H19N3OS/c1-12(2)18(22,16-8-9-19-11-20-16)17-7-4-13-10-14(23-3)5-6-15(13)21-17/h4-12,22H,1-3H3. The summed E-state index contributed by atoms with van der Waals surface area (Å²) in [6.45, 7) is 3.93. The van der Waals surface area contributed by atoms with Crippen LogP contribution in [0.3, 0.4) is 0 Å². The Hall–Kier alpha value is -1.98. The van der Waals surface area contributed by atoms with Crippen LogP contribution in [0.25, 0.3) is 10.9 Å². The Bertz CT molecular complexity index is 823. The van der Waals surface area contributed by atoms with Crippen LogP contribution in [0.5, 0.6) is 0 Å². The number of thioether (sulfide) groups is 1. The van der Waals surface area contributed by atoms with Gasteiger partial charge < -0.3 is 5.11 Å². The van der Waals surface area contributed by atoms with Gasteiger partial charge in [0.05, 0.1) is 16.9 Å². The molecule has 1 atom stereocenters. The smallest absolute Gasteiger partial charge is 0.150 e. The molecular formula is C18H19N3OS. The maximum Gasteiger partial charge on any atom is 0.150 e. The zero-order valence-electron chi connectivity index (χ0n) is 13.4. The first-order chi connectivity index (χ1) is 11.1. The molecule has 23 heavy (non-hydrogen) atoms. The van der Waals surface area contributed by atoms with Crippen LogP contribution in [0.4, 0.5) is 0 Å². The summed E-state index contributed by atoms with van der Waals surface area (Å²) < 4.78 is 0. The average Bonchev–Trinajstić information content (AvgIpc) is 2.60. The van der Waals surface area contributed by atoms with Gasteiger partial charge in [0.15, 0.2) is 5.60 Å². The molecule has 1 aromatic carbocycles. The predicted molar refractivity (Wildman–Crippen MR) is 93.4 cm³/mol. The minimum atomic E-state index is -1.24. The second kappa shape index (κ2) is 6.26. The number of aliphatic hydroxyl groups is 1. The van der Waals surface area contributed by atoms with Gasteiger partial charge >= 0.3 is 0 Å². The number of pyridine rings is 1. The highest BCUT2D eigenvalue weighted by Gasteiger charge is 2.38. The van der Waals surface area contributed by atoms with Crippen molar-refractivity contribution in [1.82, 2.24) is 15.0 Å². The summed E-state index contributed by atoms with van der Waals surface area (Å²) in [5.74, 6) is -0.0761. The molecule has 4 nitrogen and oxygen atoms in total. The maximum absolute atomic E-state index is 11.3. The molecule has 2 aromatic heterocycles. The van der Waals surface area contributed by atoms with Crippen LogP contribution in [0.15, 0.2) is 53.8 Å². The van der Waals surface area contributed by atoms with Crippen LogP contribution in [0.1, 0.15) is 25.2 Å². The lowest BCUT2D eigenvalue weighted by atomic mass is 9.83. The lowest BCUT2D eigenvalue weighted by Crippen LogP contribution is -2.35. The number of hydrogen-bond acceptors (Lipinski definition) is 5. The summed E-state index contributed by atoms with van der Waals surface area (Å²) in [4.78, 5) is 14.1. The van der Waals surface area contributed by atoms with Crippen molar-refractivity contribution in [3.63, 3.8) is 0 Å². The van der Waals surface area contributed by atoms with Crippen LogP contribution in [0.2, 0.25) is 0 Å². The van der Waals surface area contributed by atoms with Crippen LogP contribution in [-0.2, 0) is 5.60 Å². The van der Waals surface area contributed by atoms with E-state index in [0.29, 0.717) is 11.4 Å². The normalized spacial score (nSPS) is 14.1. The van der Waals surface area contributed by atoms with Crippen LogP contribution >= 0.6 is 11.8 Å². The Morgan fingerprint density at radius 1 is 1.09 bits per heavy atom. The van der Waals surface area contributed by atoms with E-state index in [1.165, 1.54) is 11.2 Å². The molecule has 0 saturated carbocycles. The van der Waals surface area contributed by atoms with Gasteiger partial charge in [0.1, 0.15) is 6.33 Å². The topological polar surface area (TPSA) is 58.9 Å². The first-order valence-electron chi connectivity index (χ1n) is 7.50. The van der Waals surface area contributed by atoms with E-state index in [2.05, 4.69) is 22.3 Å². The van der Waals surface area contributed by atoms with Crippen LogP contribution in [0, 0.1) is 5.92 Å². The third-order valence-electron chi connectivity index (χ3n) is 4.09. The lowest BCUT2D eigenvalue weighted by Gasteiger charge is -2.31. The van der Waals surface area contributed by atoms with Gasteiger partial charge in [0, 0.05) is 16.5 Å². The van der Waals surface area contributed by atoms with Crippen molar-refractivity contribution in [1.29, 1.82) is 0 Å². The Labute approximate surface area is 140 Å². The highest BCUT2D eigenvalue weighted by molar-refractivity contribution is 7.98. The number of rotatable bonds is 4. The van der Waals surface area contributed by atoms with Gasteiger partial charge in [0.2, 0.25) is 0 Å². The lowest BCUT2D eigenvalue weighted by molar-refractivity contribution is 0.0235. The SMILES string of the molecule is CSc1ccc2nc(C(O)(c3ccncn3)C(C)C)ccc2c1. The summed E-state index contributed by atoms with van der Waals surface area (Å²) in [7, 11) is 0. The minimum Gasteiger partial charge on any atom is -0.377 e. The molecule has 0 aliphatic carbocycles. The molecule has 3 aromatic rings. The number of hydrogen-bond donors (Lipinski definition) is 1. The van der Waals surface area contributed by atoms with Gasteiger partial charge in [-0.2, -0.15) is 0 Å². The molecule has 1 N–H and O–H groups in total. The summed E-state index contributed by atoms with van der Waals surface area (Å²) >= 11 is 1.70. The van der Waals surface area contributed by atoms with Gasteiger partial charge in [-0.05, 0) is 42.5 Å². The zero-order chi connectivity index (χ0) is 16.4. The van der Waals surface area contributed by atoms with Crippen molar-refractivity contribution in [2.75, 3.05) is 6.26 Å². The molecule has 0 fully saturated rings. The third kappa shape index (κ3) is 2.82. The minimum absolute atomic E-state index is 0.0761. The summed E-state index contributed by atoms with van der Waals surface area (Å²) in [6, 6.07) is 11.8. The van der Waals surface area contributed by atoms with Crippen molar-refractivity contribution in [2.45, 2.75) is 24.3 Å². The number of benzene rings is 1. The molecule has 3 rings (SSSR count). The maximum atomic E-state index is 11.3. The van der Waals surface area contributed by atoms with Gasteiger partial charge in [-0.1, -0.05) is 19.9 Å². The second-order valence-electron chi connectivity index (χ2n) is 5.77. The monoisotopic (exact) mass is 325 g/mol. The Morgan fingerprint density at radius 2 is 1.91 bits per heavy atom. The van der Waals surface area contributed by atoms with Crippen molar-refractivity contribution < 1.29 is 5.11 Å². The fourth-order valence-corrected chi connectivity index (χ4v) is 3.13. The summed E-state index contributed by atoms with van der Waals surface area (Å²) in [6.07, 6.45) is 5.14. The zero-order valence-corrected chi connectivity index (χ0v) is 14.2. The molecule has 0 spiro atoms. The molecule has 0 aliphatic rings. The largest absolute Gasteiger partial charge is 0.377 e. The molecule has 0 amide bonds. The van der Waals surface area contributed by atoms with E-state index < -0.39 is 5.60 Å². The highest BCUT2D eigenvalue weighted by Crippen LogP contribution is 2.35. The Morgan fingerprint density at radius 3 is 2.57 bits per heavy atom. The van der Waals surface area contributed by atoms with Crippen LogP contribution < -0.4 is 0 Å². The summed E-state index contributed by atoms with van der Waals surface area (Å²) in [5, 5.41) is 12.4.